The van der Waals surface area contributed by atoms with Crippen molar-refractivity contribution in [3.63, 3.8) is 0 Å². The van der Waals surface area contributed by atoms with Crippen LogP contribution >= 0.6 is 0 Å². The van der Waals surface area contributed by atoms with Gasteiger partial charge in [-0.15, -0.1) is 0 Å². The monoisotopic (exact) mass is 304 g/mol. The molecule has 0 saturated carbocycles. The maximum absolute atomic E-state index is 10.6. The standard InChI is InChI=1S/C8H10N6.C2HF3O2/c1-4-3-5-6(9)11-8(10)12-7(5)14(2)13-4;3-2(4,5)1(6)7/h3H,1-2H3,(H3,9,10,11);(H,6,7). The van der Waals surface area contributed by atoms with Crippen LogP contribution in [0, 0.1) is 12.3 Å². The first kappa shape index (κ1) is 16.3. The van der Waals surface area contributed by atoms with Gasteiger partial charge < -0.3 is 10.8 Å². The Balaban J connectivity index is 0.000000270. The minimum atomic E-state index is -5.08. The molecule has 2 heterocycles. The van der Waals surface area contributed by atoms with Crippen LogP contribution in [-0.2, 0) is 11.8 Å². The molecule has 11 heteroatoms. The highest BCUT2D eigenvalue weighted by atomic mass is 19.4. The first-order chi connectivity index (χ1) is 9.52. The van der Waals surface area contributed by atoms with Crippen LogP contribution in [0.2, 0.25) is 0 Å². The molecule has 0 aliphatic carbocycles. The molecule has 21 heavy (non-hydrogen) atoms. The second-order valence-corrected chi connectivity index (χ2v) is 3.88. The number of halogens is 3. The number of aryl methyl sites for hydroxylation is 2. The first-order valence-corrected chi connectivity index (χ1v) is 5.35. The summed E-state index contributed by atoms with van der Waals surface area (Å²) in [6.07, 6.45) is -5.08. The van der Waals surface area contributed by atoms with E-state index >= 15 is 0 Å². The fraction of sp³-hybridized carbons (Fsp3) is 0.300. The molecule has 2 rings (SSSR count). The predicted octanol–water partition coefficient (Wildman–Crippen LogP) is 0.318. The van der Waals surface area contributed by atoms with Gasteiger partial charge in [-0.1, -0.05) is 0 Å². The Hall–Kier alpha value is -2.72. The SMILES string of the molecule is Cc1cc2c(=N)nc(N)nc-2n(C)n1.O=C(O)C(F)(F)F. The largest absolute Gasteiger partial charge is 0.490 e. The average molecular weight is 304 g/mol. The first-order valence-electron chi connectivity index (χ1n) is 5.35. The van der Waals surface area contributed by atoms with Crippen molar-refractivity contribution in [1.82, 2.24) is 19.7 Å². The van der Waals surface area contributed by atoms with Crippen LogP contribution in [0.1, 0.15) is 5.69 Å². The van der Waals surface area contributed by atoms with Crippen molar-refractivity contribution < 1.29 is 23.1 Å². The Morgan fingerprint density at radius 2 is 1.95 bits per heavy atom. The van der Waals surface area contributed by atoms with Gasteiger partial charge in [-0.05, 0) is 13.0 Å². The van der Waals surface area contributed by atoms with Crippen molar-refractivity contribution in [2.75, 3.05) is 5.73 Å². The Morgan fingerprint density at radius 3 is 2.43 bits per heavy atom. The Kier molecular flexibility index (Phi) is 4.45. The summed E-state index contributed by atoms with van der Waals surface area (Å²) in [5.41, 5.74) is 7.06. The minimum absolute atomic E-state index is 0.101. The van der Waals surface area contributed by atoms with E-state index in [0.29, 0.717) is 11.4 Å². The molecule has 114 valence electrons. The average Bonchev–Trinajstić information content (AvgIpc) is 2.30. The van der Waals surface area contributed by atoms with Gasteiger partial charge in [-0.2, -0.15) is 28.2 Å². The van der Waals surface area contributed by atoms with E-state index in [1.165, 1.54) is 0 Å². The molecule has 0 aromatic heterocycles. The normalized spacial score (nSPS) is 10.9. The molecule has 0 atom stereocenters. The van der Waals surface area contributed by atoms with Gasteiger partial charge in [0, 0.05) is 7.05 Å². The molecule has 0 spiro atoms. The highest BCUT2D eigenvalue weighted by molar-refractivity contribution is 5.73. The number of nitrogens with two attached hydrogens (primary N) is 1. The van der Waals surface area contributed by atoms with Crippen molar-refractivity contribution in [3.8, 4) is 11.4 Å². The van der Waals surface area contributed by atoms with E-state index in [2.05, 4.69) is 15.1 Å². The third-order valence-electron chi connectivity index (χ3n) is 2.15. The van der Waals surface area contributed by atoms with Gasteiger partial charge in [0.1, 0.15) is 0 Å². The Bertz CT molecular complexity index is 696. The number of hydrogen-bond donors (Lipinski definition) is 3. The molecule has 2 aliphatic rings. The molecule has 0 radical (unpaired) electrons. The van der Waals surface area contributed by atoms with Gasteiger partial charge in [-0.25, -0.2) is 4.79 Å². The number of hydrogen-bond acceptors (Lipinski definition) is 6. The molecule has 0 bridgehead atoms. The summed E-state index contributed by atoms with van der Waals surface area (Å²) < 4.78 is 33.3. The minimum Gasteiger partial charge on any atom is -0.475 e. The number of nitrogens with zero attached hydrogens (tertiary/aromatic N) is 4. The number of aliphatic carboxylic acids is 1. The predicted molar refractivity (Wildman–Crippen MR) is 64.1 cm³/mol. The lowest BCUT2D eigenvalue weighted by atomic mass is 10.2. The van der Waals surface area contributed by atoms with E-state index in [0.717, 1.165) is 5.69 Å². The van der Waals surface area contributed by atoms with Crippen LogP contribution < -0.4 is 11.2 Å². The Labute approximate surface area is 115 Å². The molecule has 2 aliphatic heterocycles. The van der Waals surface area contributed by atoms with Gasteiger partial charge in [0.25, 0.3) is 0 Å². The molecular formula is C10H11F3N6O2. The second kappa shape index (κ2) is 5.73. The van der Waals surface area contributed by atoms with Crippen LogP contribution in [0.25, 0.3) is 11.4 Å². The van der Waals surface area contributed by atoms with E-state index in [1.54, 1.807) is 17.8 Å². The molecule has 8 nitrogen and oxygen atoms in total. The van der Waals surface area contributed by atoms with E-state index in [9.17, 15) is 13.2 Å². The van der Waals surface area contributed by atoms with Gasteiger partial charge in [-0.3, -0.25) is 10.1 Å². The summed E-state index contributed by atoms with van der Waals surface area (Å²) in [4.78, 5) is 16.7. The van der Waals surface area contributed by atoms with Crippen LogP contribution in [0.3, 0.4) is 0 Å². The van der Waals surface area contributed by atoms with Crippen molar-refractivity contribution >= 4 is 11.9 Å². The van der Waals surface area contributed by atoms with E-state index < -0.39 is 12.1 Å². The van der Waals surface area contributed by atoms with Crippen LogP contribution in [-0.4, -0.2) is 37.0 Å². The van der Waals surface area contributed by atoms with E-state index in [-0.39, 0.29) is 11.4 Å². The number of aromatic nitrogens is 4. The fourth-order valence-electron chi connectivity index (χ4n) is 1.38. The zero-order chi connectivity index (χ0) is 16.4. The topological polar surface area (TPSA) is 131 Å². The van der Waals surface area contributed by atoms with Crippen molar-refractivity contribution in [2.45, 2.75) is 13.1 Å². The molecular weight excluding hydrogens is 293 g/mol. The van der Waals surface area contributed by atoms with Gasteiger partial charge in [0.2, 0.25) is 5.95 Å². The van der Waals surface area contributed by atoms with Gasteiger partial charge in [0.05, 0.1) is 11.3 Å². The maximum Gasteiger partial charge on any atom is 0.490 e. The molecule has 4 N–H and O–H groups in total. The lowest BCUT2D eigenvalue weighted by molar-refractivity contribution is -0.192. The maximum atomic E-state index is 10.6. The molecule has 0 saturated heterocycles. The number of rotatable bonds is 0. The summed E-state index contributed by atoms with van der Waals surface area (Å²) >= 11 is 0. The molecule has 0 aromatic carbocycles. The fourth-order valence-corrected chi connectivity index (χ4v) is 1.38. The van der Waals surface area contributed by atoms with Crippen LogP contribution in [0.4, 0.5) is 19.1 Å². The van der Waals surface area contributed by atoms with E-state index in [4.69, 9.17) is 21.0 Å². The van der Waals surface area contributed by atoms with Crippen molar-refractivity contribution in [2.24, 2.45) is 7.05 Å². The summed E-state index contributed by atoms with van der Waals surface area (Å²) in [7, 11) is 1.77. The number of fused-ring (bicyclic) bond motifs is 1. The third-order valence-corrected chi connectivity index (χ3v) is 2.15. The number of nitrogen functional groups attached to an aromatic ring is 1. The lowest BCUT2D eigenvalue weighted by Gasteiger charge is -2.10. The highest BCUT2D eigenvalue weighted by Crippen LogP contribution is 2.14. The number of carboxylic acids is 1. The highest BCUT2D eigenvalue weighted by Gasteiger charge is 2.38. The smallest absolute Gasteiger partial charge is 0.475 e. The summed E-state index contributed by atoms with van der Waals surface area (Å²) in [6.45, 7) is 1.86. The van der Waals surface area contributed by atoms with E-state index in [1.807, 2.05) is 6.92 Å². The number of anilines is 1. The summed E-state index contributed by atoms with van der Waals surface area (Å²) in [5, 5.41) is 18.9. The van der Waals surface area contributed by atoms with Crippen molar-refractivity contribution in [3.05, 3.63) is 17.2 Å². The molecule has 0 aromatic rings. The van der Waals surface area contributed by atoms with Gasteiger partial charge in [0.15, 0.2) is 11.3 Å². The number of carbonyl (C=O) groups is 1. The number of carboxylic acid groups (broad SMARTS) is 1. The zero-order valence-electron chi connectivity index (χ0n) is 10.9. The molecule has 0 amide bonds. The zero-order valence-corrected chi connectivity index (χ0v) is 10.9. The lowest BCUT2D eigenvalue weighted by Crippen LogP contribution is -2.21. The third kappa shape index (κ3) is 4.12. The van der Waals surface area contributed by atoms with Gasteiger partial charge >= 0.3 is 12.1 Å². The van der Waals surface area contributed by atoms with Crippen LogP contribution in [0.5, 0.6) is 0 Å². The Morgan fingerprint density at radius 1 is 1.43 bits per heavy atom. The number of nitrogens with one attached hydrogen (secondary N) is 1. The number of alkyl halides is 3. The summed E-state index contributed by atoms with van der Waals surface area (Å²) in [6, 6.07) is 1.77. The molecule has 0 fully saturated rings. The van der Waals surface area contributed by atoms with Crippen molar-refractivity contribution in [1.29, 1.82) is 5.41 Å². The quantitative estimate of drug-likeness (QED) is 0.642. The van der Waals surface area contributed by atoms with Crippen LogP contribution in [0.15, 0.2) is 6.07 Å². The molecule has 0 unspecified atom stereocenters. The summed E-state index contributed by atoms with van der Waals surface area (Å²) in [5.74, 6) is -2.08. The second-order valence-electron chi connectivity index (χ2n) is 3.88.